The number of benzene rings is 1. The monoisotopic (exact) mass is 356 g/mol. The van der Waals surface area contributed by atoms with Crippen LogP contribution in [0.2, 0.25) is 0 Å². The molecule has 3 atom stereocenters. The Labute approximate surface area is 135 Å². The molecule has 3 N–H and O–H groups in total. The molecule has 0 spiro atoms. The number of nitrogens with one attached hydrogen (secondary N) is 1. The molecule has 0 saturated carbocycles. The Morgan fingerprint density at radius 3 is 2.57 bits per heavy atom. The highest BCUT2D eigenvalue weighted by Gasteiger charge is 2.29. The third-order valence-electron chi connectivity index (χ3n) is 3.99. The molecule has 0 radical (unpaired) electrons. The van der Waals surface area contributed by atoms with E-state index in [1.165, 1.54) is 5.56 Å². The average Bonchev–Trinajstić information content (AvgIpc) is 2.79. The second kappa shape index (κ2) is 8.25. The maximum absolute atomic E-state index is 9.62. The Balaban J connectivity index is 1.95. The number of aliphatic hydroxyl groups is 2. The van der Waals surface area contributed by atoms with Gasteiger partial charge in [0.2, 0.25) is 0 Å². The smallest absolute Gasteiger partial charge is 0.0938 e. The highest BCUT2D eigenvalue weighted by atomic mass is 79.9. The number of β-amino-alcohol motifs (C(OH)–C–C–N with tert-alkyl or cyclic N) is 2. The predicted octanol–water partition coefficient (Wildman–Crippen LogP) is 1.92. The Kier molecular flexibility index (Phi) is 6.64. The molecule has 1 aliphatic rings. The van der Waals surface area contributed by atoms with Gasteiger partial charge in [-0.05, 0) is 31.0 Å². The van der Waals surface area contributed by atoms with Crippen LogP contribution in [0.15, 0.2) is 28.7 Å². The largest absolute Gasteiger partial charge is 0.389 e. The van der Waals surface area contributed by atoms with Gasteiger partial charge >= 0.3 is 0 Å². The van der Waals surface area contributed by atoms with E-state index in [4.69, 9.17) is 0 Å². The van der Waals surface area contributed by atoms with Gasteiger partial charge in [0, 0.05) is 30.1 Å². The zero-order chi connectivity index (χ0) is 15.2. The highest BCUT2D eigenvalue weighted by Crippen LogP contribution is 2.26. The minimum atomic E-state index is -0.601. The van der Waals surface area contributed by atoms with E-state index in [9.17, 15) is 10.2 Å². The number of hydrogen-bond acceptors (Lipinski definition) is 4. The molecule has 118 valence electrons. The van der Waals surface area contributed by atoms with Crippen LogP contribution >= 0.6 is 15.9 Å². The highest BCUT2D eigenvalue weighted by molar-refractivity contribution is 9.10. The van der Waals surface area contributed by atoms with Gasteiger partial charge < -0.3 is 15.5 Å². The lowest BCUT2D eigenvalue weighted by atomic mass is 10.0. The summed E-state index contributed by atoms with van der Waals surface area (Å²) in [4.78, 5) is 2.13. The van der Waals surface area contributed by atoms with Gasteiger partial charge in [-0.1, -0.05) is 41.1 Å². The van der Waals surface area contributed by atoms with Gasteiger partial charge in [-0.2, -0.15) is 0 Å². The topological polar surface area (TPSA) is 55.7 Å². The fourth-order valence-electron chi connectivity index (χ4n) is 2.79. The Morgan fingerprint density at radius 2 is 1.95 bits per heavy atom. The zero-order valence-electron chi connectivity index (χ0n) is 12.5. The van der Waals surface area contributed by atoms with Gasteiger partial charge in [0.25, 0.3) is 0 Å². The summed E-state index contributed by atoms with van der Waals surface area (Å²) in [5.41, 5.74) is 1.27. The van der Waals surface area contributed by atoms with Crippen molar-refractivity contribution < 1.29 is 10.2 Å². The summed E-state index contributed by atoms with van der Waals surface area (Å²) in [6.07, 6.45) is 0.857. The second-order valence-corrected chi connectivity index (χ2v) is 6.57. The van der Waals surface area contributed by atoms with Gasteiger partial charge in [-0.3, -0.25) is 4.90 Å². The fourth-order valence-corrected chi connectivity index (χ4v) is 3.35. The predicted molar refractivity (Wildman–Crippen MR) is 88.2 cm³/mol. The zero-order valence-corrected chi connectivity index (χ0v) is 14.1. The van der Waals surface area contributed by atoms with E-state index in [0.29, 0.717) is 13.1 Å². The first-order valence-electron chi connectivity index (χ1n) is 7.68. The van der Waals surface area contributed by atoms with Crippen molar-refractivity contribution in [2.24, 2.45) is 0 Å². The summed E-state index contributed by atoms with van der Waals surface area (Å²) in [6.45, 7) is 5.15. The van der Waals surface area contributed by atoms with Crippen molar-refractivity contribution in [1.29, 1.82) is 0 Å². The maximum atomic E-state index is 9.62. The Bertz CT molecular complexity index is 434. The van der Waals surface area contributed by atoms with Crippen LogP contribution in [0.3, 0.4) is 0 Å². The normalized spacial score (nSPS) is 24.4. The van der Waals surface area contributed by atoms with Crippen molar-refractivity contribution >= 4 is 15.9 Å². The molecule has 21 heavy (non-hydrogen) atoms. The molecule has 0 aliphatic carbocycles. The van der Waals surface area contributed by atoms with Gasteiger partial charge in [-0.25, -0.2) is 0 Å². The summed E-state index contributed by atoms with van der Waals surface area (Å²) in [5.74, 6) is 0. The van der Waals surface area contributed by atoms with Gasteiger partial charge in [0.15, 0.2) is 0 Å². The molecule has 4 nitrogen and oxygen atoms in total. The Morgan fingerprint density at radius 1 is 1.29 bits per heavy atom. The van der Waals surface area contributed by atoms with Crippen molar-refractivity contribution in [3.05, 3.63) is 34.3 Å². The van der Waals surface area contributed by atoms with E-state index in [-0.39, 0.29) is 6.04 Å². The molecular weight excluding hydrogens is 332 g/mol. The number of halogens is 1. The first-order chi connectivity index (χ1) is 10.1. The van der Waals surface area contributed by atoms with Crippen molar-refractivity contribution in [1.82, 2.24) is 10.2 Å². The molecule has 1 fully saturated rings. The minimum Gasteiger partial charge on any atom is -0.389 e. The molecule has 0 bridgehead atoms. The lowest BCUT2D eigenvalue weighted by Gasteiger charge is -2.23. The number of hydrogen-bond donors (Lipinski definition) is 3. The fraction of sp³-hybridized carbons (Fsp3) is 0.625. The first-order valence-corrected chi connectivity index (χ1v) is 8.47. The van der Waals surface area contributed by atoms with E-state index < -0.39 is 12.2 Å². The average molecular weight is 357 g/mol. The number of nitrogens with zero attached hydrogens (tertiary/aromatic N) is 1. The number of aliphatic hydroxyl groups excluding tert-OH is 2. The van der Waals surface area contributed by atoms with Crippen molar-refractivity contribution in [2.45, 2.75) is 38.0 Å². The van der Waals surface area contributed by atoms with E-state index in [1.54, 1.807) is 0 Å². The molecule has 1 aliphatic heterocycles. The lowest BCUT2D eigenvalue weighted by molar-refractivity contribution is 0.0572. The van der Waals surface area contributed by atoms with Crippen LogP contribution in [0.4, 0.5) is 0 Å². The van der Waals surface area contributed by atoms with Crippen LogP contribution in [0.25, 0.3) is 0 Å². The molecule has 0 amide bonds. The molecular formula is C16H25BrN2O2. The number of rotatable bonds is 7. The van der Waals surface area contributed by atoms with E-state index in [2.05, 4.69) is 51.3 Å². The lowest BCUT2D eigenvalue weighted by Crippen LogP contribution is -2.29. The quantitative estimate of drug-likeness (QED) is 0.698. The van der Waals surface area contributed by atoms with Crippen LogP contribution in [-0.2, 0) is 0 Å². The molecule has 0 aromatic heterocycles. The summed E-state index contributed by atoms with van der Waals surface area (Å²) in [7, 11) is 0. The van der Waals surface area contributed by atoms with Crippen molar-refractivity contribution in [2.75, 3.05) is 26.2 Å². The Hall–Kier alpha value is -0.460. The van der Waals surface area contributed by atoms with Crippen molar-refractivity contribution in [3.8, 4) is 0 Å². The third-order valence-corrected chi connectivity index (χ3v) is 4.71. The van der Waals surface area contributed by atoms with Gasteiger partial charge in [-0.15, -0.1) is 0 Å². The van der Waals surface area contributed by atoms with Crippen LogP contribution in [0.5, 0.6) is 0 Å². The van der Waals surface area contributed by atoms with Crippen LogP contribution in [-0.4, -0.2) is 53.5 Å². The number of likely N-dealkylation sites (tertiary alicyclic amines) is 1. The summed E-state index contributed by atoms with van der Waals surface area (Å²) in [5, 5.41) is 22.8. The standard InChI is InChI=1S/C16H25BrN2O2/c1-2-8-18-14(12-5-3-4-6-13(12)17)7-9-19-10-15(20)16(21)11-19/h3-6,14-16,18,20-21H,2,7-11H2,1H3. The van der Waals surface area contributed by atoms with E-state index in [0.717, 1.165) is 30.4 Å². The maximum Gasteiger partial charge on any atom is 0.0938 e. The molecule has 1 aromatic rings. The summed E-state index contributed by atoms with van der Waals surface area (Å²) >= 11 is 3.63. The summed E-state index contributed by atoms with van der Waals surface area (Å²) < 4.78 is 1.13. The first kappa shape index (κ1) is 16.9. The molecule has 1 saturated heterocycles. The molecule has 5 heteroatoms. The second-order valence-electron chi connectivity index (χ2n) is 5.71. The molecule has 1 aromatic carbocycles. The van der Waals surface area contributed by atoms with Crippen LogP contribution in [0, 0.1) is 0 Å². The van der Waals surface area contributed by atoms with Gasteiger partial charge in [0.05, 0.1) is 12.2 Å². The van der Waals surface area contributed by atoms with Gasteiger partial charge in [0.1, 0.15) is 0 Å². The van der Waals surface area contributed by atoms with E-state index in [1.807, 2.05) is 6.07 Å². The van der Waals surface area contributed by atoms with Crippen LogP contribution in [0.1, 0.15) is 31.4 Å². The molecule has 3 unspecified atom stereocenters. The van der Waals surface area contributed by atoms with Crippen molar-refractivity contribution in [3.63, 3.8) is 0 Å². The molecule has 1 heterocycles. The van der Waals surface area contributed by atoms with E-state index >= 15 is 0 Å². The SMILES string of the molecule is CCCNC(CCN1CC(O)C(O)C1)c1ccccc1Br. The van der Waals surface area contributed by atoms with Crippen LogP contribution < -0.4 is 5.32 Å². The minimum absolute atomic E-state index is 0.287. The molecule has 2 rings (SSSR count). The third kappa shape index (κ3) is 4.76. The summed E-state index contributed by atoms with van der Waals surface area (Å²) in [6, 6.07) is 8.59.